The van der Waals surface area contributed by atoms with Crippen molar-refractivity contribution in [1.82, 2.24) is 4.90 Å². The van der Waals surface area contributed by atoms with Crippen LogP contribution in [0, 0.1) is 0 Å². The van der Waals surface area contributed by atoms with Gasteiger partial charge in [-0.2, -0.15) is 0 Å². The van der Waals surface area contributed by atoms with Crippen LogP contribution in [-0.4, -0.2) is 37.1 Å². The Morgan fingerprint density at radius 3 is 2.41 bits per heavy atom. The molecule has 0 aliphatic carbocycles. The summed E-state index contributed by atoms with van der Waals surface area (Å²) in [6.45, 7) is 6.54. The van der Waals surface area contributed by atoms with E-state index < -0.39 is 18.4 Å². The molecule has 0 aromatic carbocycles. The van der Waals surface area contributed by atoms with E-state index in [2.05, 4.69) is 13.2 Å². The average Bonchev–Trinajstić information content (AvgIpc) is 2.25. The van der Waals surface area contributed by atoms with E-state index in [4.69, 9.17) is 0 Å². The molecule has 1 aliphatic heterocycles. The van der Waals surface area contributed by atoms with Crippen molar-refractivity contribution in [3.8, 4) is 0 Å². The molecule has 1 aliphatic rings. The molecular weight excluding hydrogens is 234 g/mol. The summed E-state index contributed by atoms with van der Waals surface area (Å²) in [7, 11) is 0. The number of likely N-dealkylation sites (tertiary alicyclic amines) is 1. The van der Waals surface area contributed by atoms with Crippen molar-refractivity contribution in [1.29, 1.82) is 0 Å². The summed E-state index contributed by atoms with van der Waals surface area (Å²) in [5, 5.41) is 0. The van der Waals surface area contributed by atoms with Crippen LogP contribution in [0.25, 0.3) is 0 Å². The highest BCUT2D eigenvalue weighted by molar-refractivity contribution is 4.84. The SMILES string of the molecule is C=C(F)CCN1CCCC(F)(F)C1.C=CCF. The first-order valence-corrected chi connectivity index (χ1v) is 5.51. The molecule has 1 heterocycles. The maximum Gasteiger partial charge on any atom is 0.260 e. The quantitative estimate of drug-likeness (QED) is 0.545. The highest BCUT2D eigenvalue weighted by Gasteiger charge is 2.34. The fourth-order valence-corrected chi connectivity index (χ4v) is 1.52. The molecule has 100 valence electrons. The number of alkyl halides is 3. The van der Waals surface area contributed by atoms with Gasteiger partial charge in [0.2, 0.25) is 0 Å². The lowest BCUT2D eigenvalue weighted by molar-refractivity contribution is -0.0637. The third-order valence-corrected chi connectivity index (χ3v) is 2.28. The van der Waals surface area contributed by atoms with Gasteiger partial charge in [0, 0.05) is 19.4 Å². The average molecular weight is 253 g/mol. The van der Waals surface area contributed by atoms with Gasteiger partial charge in [0.25, 0.3) is 5.92 Å². The Bertz CT molecular complexity index is 241. The van der Waals surface area contributed by atoms with E-state index in [9.17, 15) is 17.6 Å². The largest absolute Gasteiger partial charge is 0.297 e. The monoisotopic (exact) mass is 253 g/mol. The van der Waals surface area contributed by atoms with Crippen LogP contribution in [0.5, 0.6) is 0 Å². The van der Waals surface area contributed by atoms with Gasteiger partial charge in [0.1, 0.15) is 6.67 Å². The van der Waals surface area contributed by atoms with Crippen LogP contribution in [0.3, 0.4) is 0 Å². The maximum absolute atomic E-state index is 12.8. The van der Waals surface area contributed by atoms with Crippen molar-refractivity contribution in [3.63, 3.8) is 0 Å². The molecule has 17 heavy (non-hydrogen) atoms. The summed E-state index contributed by atoms with van der Waals surface area (Å²) < 4.78 is 48.5. The molecule has 0 aromatic rings. The maximum atomic E-state index is 12.8. The summed E-state index contributed by atoms with van der Waals surface area (Å²) >= 11 is 0. The van der Waals surface area contributed by atoms with Gasteiger partial charge in [-0.1, -0.05) is 12.7 Å². The molecule has 5 heteroatoms. The number of halogens is 4. The molecule has 1 saturated heterocycles. The summed E-state index contributed by atoms with van der Waals surface area (Å²) in [5.41, 5.74) is 0. The predicted octanol–water partition coefficient (Wildman–Crippen LogP) is 3.73. The van der Waals surface area contributed by atoms with Gasteiger partial charge in [-0.25, -0.2) is 17.6 Å². The molecule has 1 fully saturated rings. The highest BCUT2D eigenvalue weighted by atomic mass is 19.3. The highest BCUT2D eigenvalue weighted by Crippen LogP contribution is 2.26. The zero-order chi connectivity index (χ0) is 13.3. The first kappa shape index (κ1) is 16.2. The van der Waals surface area contributed by atoms with Gasteiger partial charge >= 0.3 is 0 Å². The minimum atomic E-state index is -2.59. The van der Waals surface area contributed by atoms with Crippen LogP contribution >= 0.6 is 0 Å². The summed E-state index contributed by atoms with van der Waals surface area (Å²) in [5.74, 6) is -3.02. The van der Waals surface area contributed by atoms with Crippen molar-refractivity contribution in [3.05, 3.63) is 25.1 Å². The Morgan fingerprint density at radius 1 is 1.41 bits per heavy atom. The molecular formula is C12H19F4N. The molecule has 0 saturated carbocycles. The second kappa shape index (κ2) is 8.28. The smallest absolute Gasteiger partial charge is 0.260 e. The minimum Gasteiger partial charge on any atom is -0.297 e. The Labute approximate surface area is 99.8 Å². The van der Waals surface area contributed by atoms with E-state index in [0.717, 1.165) is 0 Å². The molecule has 0 aromatic heterocycles. The van der Waals surface area contributed by atoms with Crippen molar-refractivity contribution >= 4 is 0 Å². The van der Waals surface area contributed by atoms with E-state index in [1.54, 1.807) is 4.90 Å². The lowest BCUT2D eigenvalue weighted by Gasteiger charge is -2.32. The number of piperidine rings is 1. The van der Waals surface area contributed by atoms with Crippen LogP contribution in [0.2, 0.25) is 0 Å². The number of hydrogen-bond donors (Lipinski definition) is 0. The fourth-order valence-electron chi connectivity index (χ4n) is 1.52. The molecule has 0 N–H and O–H groups in total. The van der Waals surface area contributed by atoms with Gasteiger partial charge in [-0.15, -0.1) is 6.58 Å². The second-order valence-electron chi connectivity index (χ2n) is 3.95. The van der Waals surface area contributed by atoms with E-state index in [1.165, 1.54) is 6.08 Å². The van der Waals surface area contributed by atoms with E-state index in [-0.39, 0.29) is 19.4 Å². The standard InChI is InChI=1S/C9H14F3N.C3H5F/c1-8(10)3-6-13-5-2-4-9(11,12)7-13;1-2-3-4/h1-7H2;2H,1,3H2. The van der Waals surface area contributed by atoms with Crippen molar-refractivity contribution < 1.29 is 17.6 Å². The summed E-state index contributed by atoms with van der Waals surface area (Å²) in [6.07, 6.45) is 1.82. The Hall–Kier alpha value is -0.840. The molecule has 0 spiro atoms. The van der Waals surface area contributed by atoms with E-state index >= 15 is 0 Å². The normalized spacial score (nSPS) is 19.1. The number of hydrogen-bond acceptors (Lipinski definition) is 1. The predicted molar refractivity (Wildman–Crippen MR) is 61.7 cm³/mol. The third kappa shape index (κ3) is 8.92. The van der Waals surface area contributed by atoms with Crippen LogP contribution in [-0.2, 0) is 0 Å². The zero-order valence-electron chi connectivity index (χ0n) is 9.90. The van der Waals surface area contributed by atoms with Crippen LogP contribution in [0.1, 0.15) is 19.3 Å². The number of nitrogens with zero attached hydrogens (tertiary/aromatic N) is 1. The van der Waals surface area contributed by atoms with Gasteiger partial charge < -0.3 is 0 Å². The molecule has 0 radical (unpaired) electrons. The van der Waals surface area contributed by atoms with Crippen molar-refractivity contribution in [2.75, 3.05) is 26.3 Å². The molecule has 0 amide bonds. The van der Waals surface area contributed by atoms with Crippen molar-refractivity contribution in [2.24, 2.45) is 0 Å². The third-order valence-electron chi connectivity index (χ3n) is 2.28. The Kier molecular flexibility index (Phi) is 7.87. The number of rotatable bonds is 4. The topological polar surface area (TPSA) is 3.24 Å². The van der Waals surface area contributed by atoms with Crippen LogP contribution < -0.4 is 0 Å². The van der Waals surface area contributed by atoms with E-state index in [1.807, 2.05) is 0 Å². The van der Waals surface area contributed by atoms with Crippen molar-refractivity contribution in [2.45, 2.75) is 25.2 Å². The fraction of sp³-hybridized carbons (Fsp3) is 0.667. The van der Waals surface area contributed by atoms with Gasteiger partial charge in [-0.05, 0) is 13.0 Å². The Balaban J connectivity index is 0.000000557. The van der Waals surface area contributed by atoms with Gasteiger partial charge in [-0.3, -0.25) is 4.90 Å². The van der Waals surface area contributed by atoms with Crippen LogP contribution in [0.15, 0.2) is 25.1 Å². The molecule has 1 rings (SSSR count). The number of allylic oxidation sites excluding steroid dienone is 1. The van der Waals surface area contributed by atoms with Gasteiger partial charge in [0.05, 0.1) is 12.4 Å². The van der Waals surface area contributed by atoms with Gasteiger partial charge in [0.15, 0.2) is 0 Å². The Morgan fingerprint density at radius 2 is 2.00 bits per heavy atom. The van der Waals surface area contributed by atoms with E-state index in [0.29, 0.717) is 19.5 Å². The molecule has 0 unspecified atom stereocenters. The zero-order valence-corrected chi connectivity index (χ0v) is 9.90. The lowest BCUT2D eigenvalue weighted by Crippen LogP contribution is -2.42. The summed E-state index contributed by atoms with van der Waals surface area (Å²) in [6, 6.07) is 0. The molecule has 1 nitrogen and oxygen atoms in total. The summed E-state index contributed by atoms with van der Waals surface area (Å²) in [4.78, 5) is 1.59. The molecule has 0 atom stereocenters. The first-order chi connectivity index (χ1) is 7.91. The molecule has 0 bridgehead atoms. The lowest BCUT2D eigenvalue weighted by atomic mass is 10.1. The first-order valence-electron chi connectivity index (χ1n) is 5.51. The minimum absolute atomic E-state index is 0.0416. The second-order valence-corrected chi connectivity index (χ2v) is 3.95. The van der Waals surface area contributed by atoms with Crippen LogP contribution in [0.4, 0.5) is 17.6 Å².